The molecule has 0 saturated carbocycles. The lowest BCUT2D eigenvalue weighted by Gasteiger charge is -2.36. The molecule has 0 saturated heterocycles. The smallest absolute Gasteiger partial charge is 0.257 e. The lowest BCUT2D eigenvalue weighted by molar-refractivity contribution is -0.134. The van der Waals surface area contributed by atoms with Crippen molar-refractivity contribution in [3.8, 4) is 0 Å². The van der Waals surface area contributed by atoms with Crippen molar-refractivity contribution in [3.63, 3.8) is 0 Å². The molecule has 1 aliphatic heterocycles. The average Bonchev–Trinajstić information content (AvgIpc) is 2.62. The highest BCUT2D eigenvalue weighted by Crippen LogP contribution is 2.29. The molecule has 5 heteroatoms. The quantitative estimate of drug-likeness (QED) is 0.862. The lowest BCUT2D eigenvalue weighted by Crippen LogP contribution is -2.45. The molecule has 0 spiro atoms. The zero-order valence-electron chi connectivity index (χ0n) is 14.4. The summed E-state index contributed by atoms with van der Waals surface area (Å²) in [6, 6.07) is 13.9. The van der Waals surface area contributed by atoms with Gasteiger partial charge in [0.1, 0.15) is 5.82 Å². The highest BCUT2D eigenvalue weighted by Gasteiger charge is 2.28. The number of benzene rings is 2. The van der Waals surface area contributed by atoms with Crippen molar-refractivity contribution in [2.75, 3.05) is 20.1 Å². The first-order valence-corrected chi connectivity index (χ1v) is 8.36. The summed E-state index contributed by atoms with van der Waals surface area (Å²) in [7, 11) is 1.52. The van der Waals surface area contributed by atoms with Gasteiger partial charge in [0.15, 0.2) is 0 Å². The predicted octanol–water partition coefficient (Wildman–Crippen LogP) is 3.04. The molecule has 0 radical (unpaired) electrons. The first kappa shape index (κ1) is 17.1. The molecule has 0 fully saturated rings. The maximum absolute atomic E-state index is 13.8. The number of halogens is 1. The van der Waals surface area contributed by atoms with Crippen LogP contribution in [0.25, 0.3) is 0 Å². The van der Waals surface area contributed by atoms with Crippen molar-refractivity contribution in [1.82, 2.24) is 9.80 Å². The van der Waals surface area contributed by atoms with Gasteiger partial charge in [-0.05, 0) is 36.6 Å². The van der Waals surface area contributed by atoms with E-state index < -0.39 is 11.7 Å². The van der Waals surface area contributed by atoms with Gasteiger partial charge in [-0.1, -0.05) is 36.4 Å². The SMILES string of the molecule is CC1c2ccccc2CCN1C(=O)CN(C)C(=O)c1ccccc1F. The lowest BCUT2D eigenvalue weighted by atomic mass is 9.93. The molecule has 1 heterocycles. The Morgan fingerprint density at radius 1 is 1.16 bits per heavy atom. The Labute approximate surface area is 146 Å². The van der Waals surface area contributed by atoms with Crippen LogP contribution in [0.2, 0.25) is 0 Å². The molecular weight excluding hydrogens is 319 g/mol. The molecule has 2 amide bonds. The standard InChI is InChI=1S/C20H21FN2O2/c1-14-16-8-4-3-7-15(16)11-12-23(14)19(24)13-22(2)20(25)17-9-5-6-10-18(17)21/h3-10,14H,11-13H2,1-2H3. The van der Waals surface area contributed by atoms with Gasteiger partial charge in [-0.25, -0.2) is 4.39 Å². The summed E-state index contributed by atoms with van der Waals surface area (Å²) < 4.78 is 13.8. The van der Waals surface area contributed by atoms with Crippen LogP contribution in [0.1, 0.15) is 34.5 Å². The molecule has 1 aliphatic rings. The Kier molecular flexibility index (Phi) is 4.83. The fourth-order valence-corrected chi connectivity index (χ4v) is 3.32. The van der Waals surface area contributed by atoms with Gasteiger partial charge in [-0.3, -0.25) is 9.59 Å². The summed E-state index contributed by atoms with van der Waals surface area (Å²) >= 11 is 0. The van der Waals surface area contributed by atoms with Gasteiger partial charge in [0, 0.05) is 13.6 Å². The Morgan fingerprint density at radius 3 is 2.60 bits per heavy atom. The second-order valence-electron chi connectivity index (χ2n) is 6.35. The molecule has 3 rings (SSSR count). The number of likely N-dealkylation sites (N-methyl/N-ethyl adjacent to an activating group) is 1. The normalized spacial score (nSPS) is 16.3. The van der Waals surface area contributed by atoms with E-state index in [1.165, 1.54) is 35.7 Å². The highest BCUT2D eigenvalue weighted by atomic mass is 19.1. The Balaban J connectivity index is 1.70. The summed E-state index contributed by atoms with van der Waals surface area (Å²) in [5.41, 5.74) is 2.38. The van der Waals surface area contributed by atoms with Gasteiger partial charge in [-0.15, -0.1) is 0 Å². The molecule has 4 nitrogen and oxygen atoms in total. The number of amides is 2. The van der Waals surface area contributed by atoms with E-state index in [2.05, 4.69) is 6.07 Å². The van der Waals surface area contributed by atoms with Crippen molar-refractivity contribution in [1.29, 1.82) is 0 Å². The Morgan fingerprint density at radius 2 is 1.84 bits per heavy atom. The largest absolute Gasteiger partial charge is 0.334 e. The highest BCUT2D eigenvalue weighted by molar-refractivity contribution is 5.96. The fourth-order valence-electron chi connectivity index (χ4n) is 3.32. The van der Waals surface area contributed by atoms with E-state index in [1.807, 2.05) is 25.1 Å². The van der Waals surface area contributed by atoms with Crippen LogP contribution in [-0.2, 0) is 11.2 Å². The van der Waals surface area contributed by atoms with Crippen LogP contribution in [0, 0.1) is 5.82 Å². The summed E-state index contributed by atoms with van der Waals surface area (Å²) in [6.07, 6.45) is 0.803. The maximum Gasteiger partial charge on any atom is 0.257 e. The third-order valence-corrected chi connectivity index (χ3v) is 4.74. The van der Waals surface area contributed by atoms with E-state index in [0.29, 0.717) is 6.54 Å². The van der Waals surface area contributed by atoms with Crippen molar-refractivity contribution in [2.45, 2.75) is 19.4 Å². The minimum atomic E-state index is -0.577. The number of hydrogen-bond donors (Lipinski definition) is 0. The molecule has 130 valence electrons. The molecule has 0 aliphatic carbocycles. The van der Waals surface area contributed by atoms with Gasteiger partial charge >= 0.3 is 0 Å². The fraction of sp³-hybridized carbons (Fsp3) is 0.300. The van der Waals surface area contributed by atoms with Crippen molar-refractivity contribution >= 4 is 11.8 Å². The van der Waals surface area contributed by atoms with Gasteiger partial charge < -0.3 is 9.80 Å². The van der Waals surface area contributed by atoms with E-state index in [4.69, 9.17) is 0 Å². The summed E-state index contributed by atoms with van der Waals surface area (Å²) in [5.74, 6) is -1.20. The van der Waals surface area contributed by atoms with Crippen LogP contribution in [-0.4, -0.2) is 41.8 Å². The molecule has 1 atom stereocenters. The maximum atomic E-state index is 13.8. The van der Waals surface area contributed by atoms with Crippen molar-refractivity contribution < 1.29 is 14.0 Å². The number of rotatable bonds is 3. The number of carbonyl (C=O) groups is 2. The van der Waals surface area contributed by atoms with Crippen LogP contribution in [0.3, 0.4) is 0 Å². The minimum Gasteiger partial charge on any atom is -0.334 e. The van der Waals surface area contributed by atoms with Gasteiger partial charge in [0.2, 0.25) is 5.91 Å². The second kappa shape index (κ2) is 7.05. The molecule has 2 aromatic carbocycles. The molecule has 25 heavy (non-hydrogen) atoms. The Hall–Kier alpha value is -2.69. The van der Waals surface area contributed by atoms with Gasteiger partial charge in [-0.2, -0.15) is 0 Å². The molecule has 2 aromatic rings. The number of nitrogens with zero attached hydrogens (tertiary/aromatic N) is 2. The van der Waals surface area contributed by atoms with E-state index in [1.54, 1.807) is 11.0 Å². The second-order valence-corrected chi connectivity index (χ2v) is 6.35. The molecular formula is C20H21FN2O2. The van der Waals surface area contributed by atoms with Crippen molar-refractivity contribution in [2.24, 2.45) is 0 Å². The van der Waals surface area contributed by atoms with Crippen LogP contribution < -0.4 is 0 Å². The third kappa shape index (κ3) is 3.40. The van der Waals surface area contributed by atoms with E-state index in [-0.39, 0.29) is 24.1 Å². The molecule has 0 aromatic heterocycles. The van der Waals surface area contributed by atoms with E-state index in [0.717, 1.165) is 12.0 Å². The van der Waals surface area contributed by atoms with Crippen LogP contribution in [0.15, 0.2) is 48.5 Å². The minimum absolute atomic E-state index is 0.0187. The summed E-state index contributed by atoms with van der Waals surface area (Å²) in [5, 5.41) is 0. The predicted molar refractivity (Wildman–Crippen MR) is 93.6 cm³/mol. The van der Waals surface area contributed by atoms with Crippen LogP contribution in [0.5, 0.6) is 0 Å². The zero-order chi connectivity index (χ0) is 18.0. The average molecular weight is 340 g/mol. The number of fused-ring (bicyclic) bond motifs is 1. The van der Waals surface area contributed by atoms with Crippen LogP contribution >= 0.6 is 0 Å². The first-order chi connectivity index (χ1) is 12.0. The molecule has 0 bridgehead atoms. The summed E-state index contributed by atoms with van der Waals surface area (Å²) in [4.78, 5) is 28.1. The number of carbonyl (C=O) groups excluding carboxylic acids is 2. The zero-order valence-corrected chi connectivity index (χ0v) is 14.4. The van der Waals surface area contributed by atoms with Crippen molar-refractivity contribution in [3.05, 3.63) is 71.0 Å². The van der Waals surface area contributed by atoms with Gasteiger partial charge in [0.05, 0.1) is 18.2 Å². The van der Waals surface area contributed by atoms with Gasteiger partial charge in [0.25, 0.3) is 5.91 Å². The first-order valence-electron chi connectivity index (χ1n) is 8.36. The monoisotopic (exact) mass is 340 g/mol. The van der Waals surface area contributed by atoms with Crippen LogP contribution in [0.4, 0.5) is 4.39 Å². The third-order valence-electron chi connectivity index (χ3n) is 4.74. The summed E-state index contributed by atoms with van der Waals surface area (Å²) in [6.45, 7) is 2.55. The Bertz CT molecular complexity index is 806. The number of hydrogen-bond acceptors (Lipinski definition) is 2. The molecule has 1 unspecified atom stereocenters. The molecule has 0 N–H and O–H groups in total. The topological polar surface area (TPSA) is 40.6 Å². The van der Waals surface area contributed by atoms with E-state index in [9.17, 15) is 14.0 Å². The van der Waals surface area contributed by atoms with E-state index >= 15 is 0 Å².